The normalized spacial score (nSPS) is 20.6. The molecule has 1 aromatic rings. The van der Waals surface area contributed by atoms with Crippen LogP contribution < -0.4 is 10.6 Å². The molecule has 0 spiro atoms. The Morgan fingerprint density at radius 1 is 1.23 bits per heavy atom. The smallest absolute Gasteiger partial charge is 0.315 e. The molecule has 2 N–H and O–H groups in total. The van der Waals surface area contributed by atoms with Crippen molar-refractivity contribution in [1.82, 2.24) is 10.6 Å². The average molecular weight is 304 g/mol. The third-order valence-corrected chi connectivity index (χ3v) is 4.10. The van der Waals surface area contributed by atoms with Crippen LogP contribution in [0.4, 0.5) is 4.79 Å². The highest BCUT2D eigenvalue weighted by atomic mass is 16.5. The first-order valence-corrected chi connectivity index (χ1v) is 8.30. The molecule has 0 saturated carbocycles. The van der Waals surface area contributed by atoms with E-state index in [1.807, 2.05) is 25.1 Å². The van der Waals surface area contributed by atoms with Gasteiger partial charge in [0, 0.05) is 6.61 Å². The first kappa shape index (κ1) is 16.8. The molecule has 2 rings (SSSR count). The quantitative estimate of drug-likeness (QED) is 0.843. The van der Waals surface area contributed by atoms with Gasteiger partial charge < -0.3 is 15.4 Å². The van der Waals surface area contributed by atoms with Crippen molar-refractivity contribution in [2.45, 2.75) is 58.2 Å². The summed E-state index contributed by atoms with van der Waals surface area (Å²) in [5.74, 6) is 0.515. The van der Waals surface area contributed by atoms with E-state index in [4.69, 9.17) is 4.74 Å². The Kier molecular flexibility index (Phi) is 6.25. The summed E-state index contributed by atoms with van der Waals surface area (Å²) in [6.07, 6.45) is 3.17. The van der Waals surface area contributed by atoms with Crippen LogP contribution >= 0.6 is 0 Å². The van der Waals surface area contributed by atoms with Crippen LogP contribution in [0.5, 0.6) is 0 Å². The van der Waals surface area contributed by atoms with Crippen molar-refractivity contribution in [3.63, 3.8) is 0 Å². The average Bonchev–Trinajstić information content (AvgIpc) is 3.01. The Morgan fingerprint density at radius 3 is 2.55 bits per heavy atom. The van der Waals surface area contributed by atoms with E-state index < -0.39 is 0 Å². The zero-order valence-corrected chi connectivity index (χ0v) is 13.8. The number of carbonyl (C=O) groups excluding carboxylic acids is 1. The molecule has 1 fully saturated rings. The van der Waals surface area contributed by atoms with Gasteiger partial charge in [0.15, 0.2) is 0 Å². The predicted octanol–water partition coefficient (Wildman–Crippen LogP) is 3.64. The highest BCUT2D eigenvalue weighted by molar-refractivity contribution is 5.74. The zero-order valence-electron chi connectivity index (χ0n) is 13.8. The van der Waals surface area contributed by atoms with Crippen molar-refractivity contribution < 1.29 is 9.53 Å². The number of benzene rings is 1. The van der Waals surface area contributed by atoms with Crippen LogP contribution in [-0.2, 0) is 4.74 Å². The van der Waals surface area contributed by atoms with Crippen molar-refractivity contribution in [3.8, 4) is 0 Å². The molecule has 4 nitrogen and oxygen atoms in total. The minimum atomic E-state index is -0.113. The third-order valence-electron chi connectivity index (χ3n) is 4.10. The molecule has 2 amide bonds. The van der Waals surface area contributed by atoms with Crippen molar-refractivity contribution >= 4 is 6.03 Å². The summed E-state index contributed by atoms with van der Waals surface area (Å²) in [4.78, 5) is 12.3. The largest absolute Gasteiger partial charge is 0.376 e. The van der Waals surface area contributed by atoms with Crippen LogP contribution in [-0.4, -0.2) is 24.8 Å². The van der Waals surface area contributed by atoms with E-state index in [-0.39, 0.29) is 24.2 Å². The number of amides is 2. The number of nitrogens with one attached hydrogen (secondary N) is 2. The summed E-state index contributed by atoms with van der Waals surface area (Å²) in [7, 11) is 0. The Hall–Kier alpha value is -1.55. The Balaban J connectivity index is 1.92. The molecule has 1 saturated heterocycles. The summed E-state index contributed by atoms with van der Waals surface area (Å²) >= 11 is 0. The standard InChI is InChI=1S/C18H28N2O2/c1-13(2)12-16(15-8-5-4-6-9-15)20-18(21)19-14(3)17-10-7-11-22-17/h4-6,8-9,13-14,16-17H,7,10-12H2,1-3H3,(H2,19,20,21). The molecule has 3 atom stereocenters. The second-order valence-corrected chi connectivity index (χ2v) is 6.55. The summed E-state index contributed by atoms with van der Waals surface area (Å²) in [6.45, 7) is 7.16. The number of urea groups is 1. The number of hydrogen-bond acceptors (Lipinski definition) is 2. The molecule has 0 bridgehead atoms. The molecule has 0 aliphatic carbocycles. The fourth-order valence-corrected chi connectivity index (χ4v) is 2.93. The van der Waals surface area contributed by atoms with Crippen LogP contribution in [0.25, 0.3) is 0 Å². The van der Waals surface area contributed by atoms with E-state index in [1.54, 1.807) is 0 Å². The van der Waals surface area contributed by atoms with Gasteiger partial charge >= 0.3 is 6.03 Å². The molecule has 0 radical (unpaired) electrons. The van der Waals surface area contributed by atoms with Crippen LogP contribution in [0, 0.1) is 5.92 Å². The van der Waals surface area contributed by atoms with E-state index in [2.05, 4.69) is 36.6 Å². The molecule has 122 valence electrons. The lowest BCUT2D eigenvalue weighted by Crippen LogP contribution is -2.47. The summed E-state index contributed by atoms with van der Waals surface area (Å²) in [5.41, 5.74) is 1.15. The molecule has 3 unspecified atom stereocenters. The number of hydrogen-bond donors (Lipinski definition) is 2. The summed E-state index contributed by atoms with van der Waals surface area (Å²) < 4.78 is 5.63. The Morgan fingerprint density at radius 2 is 1.95 bits per heavy atom. The van der Waals surface area contributed by atoms with E-state index in [9.17, 15) is 4.79 Å². The van der Waals surface area contributed by atoms with Crippen molar-refractivity contribution in [1.29, 1.82) is 0 Å². The monoisotopic (exact) mass is 304 g/mol. The zero-order chi connectivity index (χ0) is 15.9. The number of rotatable bonds is 6. The first-order valence-electron chi connectivity index (χ1n) is 8.30. The maximum Gasteiger partial charge on any atom is 0.315 e. The molecule has 1 aliphatic rings. The number of ether oxygens (including phenoxy) is 1. The number of carbonyl (C=O) groups is 1. The van der Waals surface area contributed by atoms with Gasteiger partial charge in [0.05, 0.1) is 18.2 Å². The molecule has 1 heterocycles. The lowest BCUT2D eigenvalue weighted by atomic mass is 9.97. The Bertz CT molecular complexity index is 455. The van der Waals surface area contributed by atoms with Gasteiger partial charge in [-0.1, -0.05) is 44.2 Å². The Labute approximate surface area is 133 Å². The molecule has 4 heteroatoms. The van der Waals surface area contributed by atoms with Crippen LogP contribution in [0.2, 0.25) is 0 Å². The van der Waals surface area contributed by atoms with Gasteiger partial charge in [-0.05, 0) is 37.7 Å². The van der Waals surface area contributed by atoms with E-state index in [1.165, 1.54) is 0 Å². The third kappa shape index (κ3) is 5.02. The van der Waals surface area contributed by atoms with Crippen LogP contribution in [0.1, 0.15) is 51.6 Å². The molecular weight excluding hydrogens is 276 g/mol. The van der Waals surface area contributed by atoms with Crippen molar-refractivity contribution in [2.24, 2.45) is 5.92 Å². The minimum absolute atomic E-state index is 0.0397. The SMILES string of the molecule is CC(C)CC(NC(=O)NC(C)C1CCCO1)c1ccccc1. The van der Waals surface area contributed by atoms with Gasteiger partial charge in [0.25, 0.3) is 0 Å². The van der Waals surface area contributed by atoms with Gasteiger partial charge in [0.1, 0.15) is 0 Å². The van der Waals surface area contributed by atoms with Gasteiger partial charge in [-0.15, -0.1) is 0 Å². The van der Waals surface area contributed by atoms with Gasteiger partial charge in [-0.25, -0.2) is 4.79 Å². The highest BCUT2D eigenvalue weighted by Gasteiger charge is 2.24. The van der Waals surface area contributed by atoms with Gasteiger partial charge in [-0.2, -0.15) is 0 Å². The molecular formula is C18H28N2O2. The van der Waals surface area contributed by atoms with Crippen molar-refractivity contribution in [3.05, 3.63) is 35.9 Å². The lowest BCUT2D eigenvalue weighted by molar-refractivity contribution is 0.0858. The van der Waals surface area contributed by atoms with E-state index in [0.717, 1.165) is 31.4 Å². The van der Waals surface area contributed by atoms with Crippen LogP contribution in [0.15, 0.2) is 30.3 Å². The van der Waals surface area contributed by atoms with Gasteiger partial charge in [-0.3, -0.25) is 0 Å². The second-order valence-electron chi connectivity index (χ2n) is 6.55. The fourth-order valence-electron chi connectivity index (χ4n) is 2.93. The molecule has 1 aliphatic heterocycles. The highest BCUT2D eigenvalue weighted by Crippen LogP contribution is 2.21. The lowest BCUT2D eigenvalue weighted by Gasteiger charge is -2.24. The maximum absolute atomic E-state index is 12.3. The predicted molar refractivity (Wildman–Crippen MR) is 88.7 cm³/mol. The van der Waals surface area contributed by atoms with E-state index >= 15 is 0 Å². The van der Waals surface area contributed by atoms with Crippen molar-refractivity contribution in [2.75, 3.05) is 6.61 Å². The summed E-state index contributed by atoms with van der Waals surface area (Å²) in [5, 5.41) is 6.13. The molecule has 1 aromatic carbocycles. The minimum Gasteiger partial charge on any atom is -0.376 e. The second kappa shape index (κ2) is 8.18. The van der Waals surface area contributed by atoms with Gasteiger partial charge in [0.2, 0.25) is 0 Å². The van der Waals surface area contributed by atoms with E-state index in [0.29, 0.717) is 5.92 Å². The summed E-state index contributed by atoms with van der Waals surface area (Å²) in [6, 6.07) is 10.1. The fraction of sp³-hybridized carbons (Fsp3) is 0.611. The van der Waals surface area contributed by atoms with Crippen LogP contribution in [0.3, 0.4) is 0 Å². The molecule has 0 aromatic heterocycles. The molecule has 22 heavy (non-hydrogen) atoms. The maximum atomic E-state index is 12.3. The first-order chi connectivity index (χ1) is 10.6. The topological polar surface area (TPSA) is 50.4 Å².